The van der Waals surface area contributed by atoms with Gasteiger partial charge in [-0.1, -0.05) is 18.2 Å². The Kier molecular flexibility index (Phi) is 5.34. The predicted molar refractivity (Wildman–Crippen MR) is 110 cm³/mol. The number of rotatable bonds is 6. The molecular weight excluding hydrogens is 374 g/mol. The third-order valence-corrected chi connectivity index (χ3v) is 6.00. The van der Waals surface area contributed by atoms with Crippen molar-refractivity contribution in [2.45, 2.75) is 13.5 Å². The van der Waals surface area contributed by atoms with Crippen LogP contribution in [0.4, 0.5) is 5.69 Å². The Morgan fingerprint density at radius 1 is 1.25 bits per heavy atom. The molecule has 3 aromatic rings. The number of para-hydroxylation sites is 1. The summed E-state index contributed by atoms with van der Waals surface area (Å²) in [4.78, 5) is 29.4. The molecule has 0 bridgehead atoms. The Bertz CT molecular complexity index is 1000. The number of fused-ring (bicyclic) bond motifs is 1. The first-order chi connectivity index (χ1) is 13.7. The number of nitrogens with zero attached hydrogens (tertiary/aromatic N) is 3. The molecule has 28 heavy (non-hydrogen) atoms. The molecule has 4 rings (SSSR count). The van der Waals surface area contributed by atoms with Crippen molar-refractivity contribution in [2.75, 3.05) is 23.2 Å². The Balaban J connectivity index is 1.59. The molecule has 0 amide bonds. The van der Waals surface area contributed by atoms with Crippen LogP contribution in [0.15, 0.2) is 55.0 Å². The van der Waals surface area contributed by atoms with E-state index < -0.39 is 0 Å². The zero-order chi connectivity index (χ0) is 19.5. The summed E-state index contributed by atoms with van der Waals surface area (Å²) in [5.74, 6) is 0.427. The molecule has 0 spiro atoms. The second kappa shape index (κ2) is 8.06. The van der Waals surface area contributed by atoms with E-state index in [1.165, 1.54) is 0 Å². The van der Waals surface area contributed by atoms with Gasteiger partial charge in [0.1, 0.15) is 6.54 Å². The molecule has 0 saturated carbocycles. The number of esters is 1. The monoisotopic (exact) mass is 395 g/mol. The van der Waals surface area contributed by atoms with Crippen LogP contribution in [0.2, 0.25) is 0 Å². The van der Waals surface area contributed by atoms with Crippen LogP contribution in [0.25, 0.3) is 10.9 Å². The average Bonchev–Trinajstić information content (AvgIpc) is 3.34. The number of hydrogen-bond acceptors (Lipinski definition) is 6. The quantitative estimate of drug-likeness (QED) is 0.361. The SMILES string of the molecule is CCOC(=O)Cn1cc(C(=O)C2CSN(c3cccnc3)C2)c2ccccc21. The van der Waals surface area contributed by atoms with Crippen molar-refractivity contribution in [3.63, 3.8) is 0 Å². The number of aromatic nitrogens is 2. The fraction of sp³-hybridized carbons (Fsp3) is 0.286. The highest BCUT2D eigenvalue weighted by atomic mass is 32.2. The van der Waals surface area contributed by atoms with Crippen molar-refractivity contribution in [3.8, 4) is 0 Å². The number of ketones is 1. The van der Waals surface area contributed by atoms with Crippen LogP contribution in [0.1, 0.15) is 17.3 Å². The van der Waals surface area contributed by atoms with Crippen LogP contribution in [0.5, 0.6) is 0 Å². The number of carbonyl (C=O) groups excluding carboxylic acids is 2. The van der Waals surface area contributed by atoms with Gasteiger partial charge in [-0.2, -0.15) is 0 Å². The lowest BCUT2D eigenvalue weighted by molar-refractivity contribution is -0.143. The van der Waals surface area contributed by atoms with Crippen molar-refractivity contribution in [1.29, 1.82) is 0 Å². The number of anilines is 1. The van der Waals surface area contributed by atoms with Crippen molar-refractivity contribution in [2.24, 2.45) is 5.92 Å². The first kappa shape index (κ1) is 18.6. The molecule has 1 unspecified atom stereocenters. The summed E-state index contributed by atoms with van der Waals surface area (Å²) < 4.78 is 8.99. The van der Waals surface area contributed by atoms with Gasteiger partial charge in [0.05, 0.1) is 24.4 Å². The van der Waals surface area contributed by atoms with Gasteiger partial charge in [0.15, 0.2) is 5.78 Å². The van der Waals surface area contributed by atoms with E-state index >= 15 is 0 Å². The number of carbonyl (C=O) groups is 2. The molecule has 0 radical (unpaired) electrons. The van der Waals surface area contributed by atoms with Crippen molar-refractivity contribution in [1.82, 2.24) is 9.55 Å². The minimum absolute atomic E-state index is 0.100. The van der Waals surface area contributed by atoms with E-state index in [2.05, 4.69) is 9.29 Å². The minimum atomic E-state index is -0.304. The third-order valence-electron chi connectivity index (χ3n) is 4.78. The highest BCUT2D eigenvalue weighted by Crippen LogP contribution is 2.34. The molecule has 1 fully saturated rings. The lowest BCUT2D eigenvalue weighted by atomic mass is 9.98. The van der Waals surface area contributed by atoms with Crippen LogP contribution in [0, 0.1) is 5.92 Å². The summed E-state index contributed by atoms with van der Waals surface area (Å²) in [5.41, 5.74) is 2.54. The van der Waals surface area contributed by atoms with Crippen LogP contribution >= 0.6 is 11.9 Å². The minimum Gasteiger partial charge on any atom is -0.465 e. The van der Waals surface area contributed by atoms with E-state index in [0.29, 0.717) is 18.7 Å². The van der Waals surface area contributed by atoms with Gasteiger partial charge < -0.3 is 13.6 Å². The van der Waals surface area contributed by atoms with Gasteiger partial charge in [0.25, 0.3) is 0 Å². The third kappa shape index (κ3) is 3.62. The molecule has 1 aliphatic rings. The average molecular weight is 395 g/mol. The highest BCUT2D eigenvalue weighted by Gasteiger charge is 2.32. The van der Waals surface area contributed by atoms with E-state index in [-0.39, 0.29) is 24.2 Å². The maximum atomic E-state index is 13.3. The molecule has 1 atom stereocenters. The molecule has 2 aromatic heterocycles. The summed E-state index contributed by atoms with van der Waals surface area (Å²) in [6.07, 6.45) is 5.34. The number of ether oxygens (including phenoxy) is 1. The summed E-state index contributed by atoms with van der Waals surface area (Å²) in [6.45, 7) is 2.87. The van der Waals surface area contributed by atoms with E-state index in [9.17, 15) is 9.59 Å². The van der Waals surface area contributed by atoms with Gasteiger partial charge in [-0.15, -0.1) is 0 Å². The smallest absolute Gasteiger partial charge is 0.325 e. The number of Topliss-reactive ketones (excluding diaryl/α,β-unsaturated/α-hetero) is 1. The molecule has 0 aliphatic carbocycles. The van der Waals surface area contributed by atoms with Gasteiger partial charge in [-0.05, 0) is 37.1 Å². The molecular formula is C21H21N3O3S. The lowest BCUT2D eigenvalue weighted by Crippen LogP contribution is -2.22. The normalized spacial score (nSPS) is 16.5. The summed E-state index contributed by atoms with van der Waals surface area (Å²) in [7, 11) is 0. The standard InChI is InChI=1S/C21H21N3O3S/c1-2-27-20(25)13-23-12-18(17-7-3-4-8-19(17)23)21(26)15-11-24(28-14-15)16-6-5-9-22-10-16/h3-10,12,15H,2,11,13-14H2,1H3. The Morgan fingerprint density at radius 2 is 2.11 bits per heavy atom. The van der Waals surface area contributed by atoms with Gasteiger partial charge in [-0.3, -0.25) is 14.6 Å². The maximum Gasteiger partial charge on any atom is 0.325 e. The van der Waals surface area contributed by atoms with E-state index in [1.807, 2.05) is 47.2 Å². The summed E-state index contributed by atoms with van der Waals surface area (Å²) in [5, 5.41) is 0.877. The molecule has 7 heteroatoms. The zero-order valence-corrected chi connectivity index (χ0v) is 16.4. The number of pyridine rings is 1. The Hall–Kier alpha value is -2.80. The second-order valence-electron chi connectivity index (χ2n) is 6.62. The van der Waals surface area contributed by atoms with Crippen molar-refractivity contribution in [3.05, 3.63) is 60.6 Å². The fourth-order valence-electron chi connectivity index (χ4n) is 3.46. The molecule has 3 heterocycles. The molecule has 144 valence electrons. The van der Waals surface area contributed by atoms with Crippen molar-refractivity contribution < 1.29 is 14.3 Å². The summed E-state index contributed by atoms with van der Waals surface area (Å²) in [6, 6.07) is 11.6. The largest absolute Gasteiger partial charge is 0.465 e. The van der Waals surface area contributed by atoms with Crippen LogP contribution in [-0.2, 0) is 16.1 Å². The van der Waals surface area contributed by atoms with Crippen LogP contribution < -0.4 is 4.31 Å². The second-order valence-corrected chi connectivity index (χ2v) is 7.65. The van der Waals surface area contributed by atoms with Crippen LogP contribution in [0.3, 0.4) is 0 Å². The van der Waals surface area contributed by atoms with Crippen molar-refractivity contribution >= 4 is 40.3 Å². The Labute approximate surface area is 167 Å². The fourth-order valence-corrected chi connectivity index (χ4v) is 4.62. The number of hydrogen-bond donors (Lipinski definition) is 0. The first-order valence-corrected chi connectivity index (χ1v) is 10.2. The molecule has 1 saturated heterocycles. The number of benzene rings is 1. The first-order valence-electron chi connectivity index (χ1n) is 9.25. The topological polar surface area (TPSA) is 64.4 Å². The van der Waals surface area contributed by atoms with E-state index in [1.54, 1.807) is 31.3 Å². The van der Waals surface area contributed by atoms with E-state index in [4.69, 9.17) is 4.74 Å². The predicted octanol–water partition coefficient (Wildman–Crippen LogP) is 3.57. The molecule has 1 aromatic carbocycles. The zero-order valence-electron chi connectivity index (χ0n) is 15.6. The van der Waals surface area contributed by atoms with Gasteiger partial charge >= 0.3 is 5.97 Å². The van der Waals surface area contributed by atoms with Gasteiger partial charge in [-0.25, -0.2) is 0 Å². The van der Waals surface area contributed by atoms with E-state index in [0.717, 1.165) is 22.3 Å². The highest BCUT2D eigenvalue weighted by molar-refractivity contribution is 8.00. The Morgan fingerprint density at radius 3 is 2.89 bits per heavy atom. The maximum absolute atomic E-state index is 13.3. The molecule has 1 aliphatic heterocycles. The summed E-state index contributed by atoms with van der Waals surface area (Å²) >= 11 is 1.65. The van der Waals surface area contributed by atoms with Gasteiger partial charge in [0.2, 0.25) is 0 Å². The van der Waals surface area contributed by atoms with Gasteiger partial charge in [0, 0.05) is 41.2 Å². The molecule has 6 nitrogen and oxygen atoms in total. The van der Waals surface area contributed by atoms with Crippen LogP contribution in [-0.4, -0.2) is 40.2 Å². The lowest BCUT2D eigenvalue weighted by Gasteiger charge is -2.15. The molecule has 0 N–H and O–H groups in total.